The second kappa shape index (κ2) is 9.78. The van der Waals surface area contributed by atoms with Gasteiger partial charge in [-0.25, -0.2) is 9.69 Å². The molecule has 12 heteroatoms. The molecule has 0 aliphatic carbocycles. The van der Waals surface area contributed by atoms with E-state index in [0.29, 0.717) is 31.0 Å². The summed E-state index contributed by atoms with van der Waals surface area (Å²) in [5.41, 5.74) is 6.33. The van der Waals surface area contributed by atoms with Crippen molar-refractivity contribution in [1.82, 2.24) is 15.0 Å². The number of fused-ring (bicyclic) bond motifs is 4. The number of nitrogen functional groups attached to an aromatic ring is 1. The van der Waals surface area contributed by atoms with E-state index in [9.17, 15) is 14.9 Å². The number of ether oxygens (including phenoxy) is 3. The number of hydrogen-bond donors (Lipinski definition) is 1. The molecule has 3 heterocycles. The molecular formula is C18H22N6O6. The van der Waals surface area contributed by atoms with E-state index in [1.165, 1.54) is 0 Å². The van der Waals surface area contributed by atoms with Crippen LogP contribution in [0.5, 0.6) is 6.01 Å². The molecular weight excluding hydrogens is 396 g/mol. The lowest BCUT2D eigenvalue weighted by atomic mass is 10.3. The van der Waals surface area contributed by atoms with Crippen molar-refractivity contribution in [3.63, 3.8) is 0 Å². The molecule has 2 N–H and O–H groups in total. The Bertz CT molecular complexity index is 924. The number of anilines is 2. The molecule has 160 valence electrons. The van der Waals surface area contributed by atoms with Crippen molar-refractivity contribution in [2.45, 2.75) is 32.9 Å². The average molecular weight is 418 g/mol. The third-order valence-electron chi connectivity index (χ3n) is 4.15. The van der Waals surface area contributed by atoms with Gasteiger partial charge in [-0.2, -0.15) is 9.97 Å². The van der Waals surface area contributed by atoms with Crippen LogP contribution in [0.25, 0.3) is 0 Å². The Morgan fingerprint density at radius 3 is 2.80 bits per heavy atom. The Morgan fingerprint density at radius 1 is 1.27 bits per heavy atom. The molecule has 1 amide bonds. The van der Waals surface area contributed by atoms with Crippen molar-refractivity contribution in [1.29, 1.82) is 0 Å². The molecule has 2 aromatic heterocycles. The summed E-state index contributed by atoms with van der Waals surface area (Å²) in [6, 6.07) is 5.07. The van der Waals surface area contributed by atoms with Gasteiger partial charge in [-0.15, -0.1) is 0 Å². The van der Waals surface area contributed by atoms with Gasteiger partial charge < -0.3 is 19.9 Å². The number of carbonyl (C=O) groups excluding carboxylic acids is 1. The Kier molecular flexibility index (Phi) is 6.91. The van der Waals surface area contributed by atoms with Crippen molar-refractivity contribution in [2.24, 2.45) is 0 Å². The van der Waals surface area contributed by atoms with Crippen LogP contribution in [0.1, 0.15) is 31.2 Å². The fraction of sp³-hybridized carbons (Fsp3) is 0.444. The van der Waals surface area contributed by atoms with Gasteiger partial charge in [0.2, 0.25) is 11.6 Å². The molecule has 0 spiro atoms. The highest BCUT2D eigenvalue weighted by molar-refractivity contribution is 5.90. The Hall–Kier alpha value is -3.54. The van der Waals surface area contributed by atoms with Gasteiger partial charge in [0, 0.05) is 6.61 Å². The van der Waals surface area contributed by atoms with E-state index in [2.05, 4.69) is 15.0 Å². The van der Waals surface area contributed by atoms with Crippen LogP contribution in [0.15, 0.2) is 18.2 Å². The van der Waals surface area contributed by atoms with Crippen LogP contribution in [0, 0.1) is 10.1 Å². The molecule has 2 aromatic rings. The van der Waals surface area contributed by atoms with Crippen molar-refractivity contribution in [2.75, 3.05) is 30.5 Å². The highest BCUT2D eigenvalue weighted by atomic mass is 16.6. The zero-order chi connectivity index (χ0) is 21.5. The molecule has 0 radical (unpaired) electrons. The number of nitrogens with two attached hydrogens (primary N) is 1. The van der Waals surface area contributed by atoms with Gasteiger partial charge in [0.1, 0.15) is 0 Å². The van der Waals surface area contributed by atoms with E-state index < -0.39 is 22.5 Å². The molecule has 0 saturated heterocycles. The minimum Gasteiger partial charge on any atom is -0.463 e. The maximum absolute atomic E-state index is 12.7. The molecule has 0 unspecified atom stereocenters. The quantitative estimate of drug-likeness (QED) is 0.566. The predicted octanol–water partition coefficient (Wildman–Crippen LogP) is 2.21. The lowest BCUT2D eigenvalue weighted by Gasteiger charge is -2.21. The molecule has 0 aromatic carbocycles. The fourth-order valence-electron chi connectivity index (χ4n) is 2.80. The molecule has 3 rings (SSSR count). The molecule has 30 heavy (non-hydrogen) atoms. The van der Waals surface area contributed by atoms with Gasteiger partial charge in [-0.05, 0) is 31.9 Å². The van der Waals surface area contributed by atoms with Crippen LogP contribution >= 0.6 is 0 Å². The topological polar surface area (TPSA) is 156 Å². The van der Waals surface area contributed by atoms with Crippen LogP contribution in [0.3, 0.4) is 0 Å². The molecule has 12 nitrogen and oxygen atoms in total. The summed E-state index contributed by atoms with van der Waals surface area (Å²) in [5.74, 6) is -0.733. The Labute approximate surface area is 172 Å². The van der Waals surface area contributed by atoms with Crippen molar-refractivity contribution in [3.8, 4) is 6.01 Å². The van der Waals surface area contributed by atoms with Crippen LogP contribution in [0.2, 0.25) is 0 Å². The van der Waals surface area contributed by atoms with Gasteiger partial charge in [-0.3, -0.25) is 15.1 Å². The molecule has 4 bridgehead atoms. The Balaban J connectivity index is 2.11. The SMILES string of the molecule is CCOC(=O)N1Cc2cccc(n2)COCCCCOc2nc(N)c([N+](=O)[O-])c1n2. The normalized spacial score (nSPS) is 14.8. The lowest BCUT2D eigenvalue weighted by Crippen LogP contribution is -2.33. The minimum absolute atomic E-state index is 0.0639. The summed E-state index contributed by atoms with van der Waals surface area (Å²) < 4.78 is 16.2. The lowest BCUT2D eigenvalue weighted by molar-refractivity contribution is -0.383. The smallest absolute Gasteiger partial charge is 0.416 e. The van der Waals surface area contributed by atoms with E-state index in [1.54, 1.807) is 25.1 Å². The van der Waals surface area contributed by atoms with Crippen LogP contribution in [-0.4, -0.2) is 45.8 Å². The van der Waals surface area contributed by atoms with Gasteiger partial charge in [0.25, 0.3) is 0 Å². The van der Waals surface area contributed by atoms with E-state index in [-0.39, 0.29) is 31.6 Å². The number of carbonyl (C=O) groups is 1. The predicted molar refractivity (Wildman–Crippen MR) is 105 cm³/mol. The number of amides is 1. The second-order valence-corrected chi connectivity index (χ2v) is 6.33. The first kappa shape index (κ1) is 21.2. The zero-order valence-electron chi connectivity index (χ0n) is 16.4. The summed E-state index contributed by atoms with van der Waals surface area (Å²) in [7, 11) is 0. The molecule has 0 fully saturated rings. The highest BCUT2D eigenvalue weighted by Gasteiger charge is 2.32. The number of pyridine rings is 1. The van der Waals surface area contributed by atoms with E-state index in [0.717, 1.165) is 11.3 Å². The monoisotopic (exact) mass is 418 g/mol. The van der Waals surface area contributed by atoms with Gasteiger partial charge in [-0.1, -0.05) is 6.07 Å². The van der Waals surface area contributed by atoms with E-state index in [1.807, 2.05) is 0 Å². The van der Waals surface area contributed by atoms with Crippen molar-refractivity contribution >= 4 is 23.4 Å². The summed E-state index contributed by atoms with van der Waals surface area (Å²) in [4.78, 5) is 37.0. The molecule has 0 saturated carbocycles. The maximum Gasteiger partial charge on any atom is 0.416 e. The first-order valence-corrected chi connectivity index (χ1v) is 9.41. The Morgan fingerprint density at radius 2 is 2.03 bits per heavy atom. The summed E-state index contributed by atoms with van der Waals surface area (Å²) in [6.07, 6.45) is 0.534. The van der Waals surface area contributed by atoms with Crippen molar-refractivity contribution in [3.05, 3.63) is 39.7 Å². The molecule has 1 aliphatic heterocycles. The number of hydrogen-bond acceptors (Lipinski definition) is 10. The molecule has 1 aliphatic rings. The van der Waals surface area contributed by atoms with Crippen LogP contribution in [0.4, 0.5) is 22.1 Å². The zero-order valence-corrected chi connectivity index (χ0v) is 16.4. The van der Waals surface area contributed by atoms with Gasteiger partial charge in [0.15, 0.2) is 0 Å². The first-order valence-electron chi connectivity index (χ1n) is 9.41. The minimum atomic E-state index is -0.836. The number of nitro groups is 1. The third-order valence-corrected chi connectivity index (χ3v) is 4.15. The summed E-state index contributed by atoms with van der Waals surface area (Å²) >= 11 is 0. The van der Waals surface area contributed by atoms with E-state index >= 15 is 0 Å². The number of aromatic nitrogens is 3. The average Bonchev–Trinajstić information content (AvgIpc) is 2.70. The van der Waals surface area contributed by atoms with E-state index in [4.69, 9.17) is 19.9 Å². The molecule has 0 atom stereocenters. The number of nitrogens with zero attached hydrogens (tertiary/aromatic N) is 5. The van der Waals surface area contributed by atoms with Crippen LogP contribution in [-0.2, 0) is 22.6 Å². The van der Waals surface area contributed by atoms with Gasteiger partial charge >= 0.3 is 17.8 Å². The van der Waals surface area contributed by atoms with Crippen LogP contribution < -0.4 is 15.4 Å². The summed E-state index contributed by atoms with van der Waals surface area (Å²) in [5, 5.41) is 11.7. The second-order valence-electron chi connectivity index (χ2n) is 6.33. The first-order chi connectivity index (χ1) is 14.5. The standard InChI is InChI=1S/C18H22N6O6/c1-2-29-18(25)23-10-12-6-5-7-13(20-12)11-28-8-3-4-9-30-17-21-15(19)14(24(26)27)16(23)22-17/h5-7H,2-4,8-11H2,1H3,(H2,19,21,22). The third kappa shape index (κ3) is 5.08. The fourth-order valence-corrected chi connectivity index (χ4v) is 2.80. The number of rotatable bonds is 2. The highest BCUT2D eigenvalue weighted by Crippen LogP contribution is 2.34. The summed E-state index contributed by atoms with van der Waals surface area (Å²) in [6.45, 7) is 2.62. The largest absolute Gasteiger partial charge is 0.463 e. The van der Waals surface area contributed by atoms with Crippen molar-refractivity contribution < 1.29 is 23.9 Å². The maximum atomic E-state index is 12.7. The van der Waals surface area contributed by atoms with Gasteiger partial charge in [0.05, 0.1) is 42.7 Å².